The molecule has 2 aromatic rings. The summed E-state index contributed by atoms with van der Waals surface area (Å²) in [6.07, 6.45) is 0. The van der Waals surface area contributed by atoms with Crippen molar-refractivity contribution in [3.63, 3.8) is 0 Å². The van der Waals surface area contributed by atoms with Crippen LogP contribution in [-0.4, -0.2) is 15.0 Å². The molecule has 0 spiro atoms. The van der Waals surface area contributed by atoms with E-state index in [1.807, 2.05) is 6.92 Å². The zero-order valence-electron chi connectivity index (χ0n) is 11.7. The SMILES string of the molecule is CCN(c1ccc(F)c(Cl)c1)S(=O)(=O)c1ccc(C)cc1. The lowest BCUT2D eigenvalue weighted by atomic mass is 10.2. The van der Waals surface area contributed by atoms with Gasteiger partial charge in [-0.15, -0.1) is 0 Å². The molecule has 0 aliphatic carbocycles. The van der Waals surface area contributed by atoms with Gasteiger partial charge in [0, 0.05) is 6.54 Å². The Morgan fingerprint density at radius 2 is 1.76 bits per heavy atom. The first kappa shape index (κ1) is 15.8. The molecule has 2 rings (SSSR count). The van der Waals surface area contributed by atoms with Crippen LogP contribution < -0.4 is 4.31 Å². The number of anilines is 1. The lowest BCUT2D eigenvalue weighted by molar-refractivity contribution is 0.591. The van der Waals surface area contributed by atoms with Crippen LogP contribution in [0.3, 0.4) is 0 Å². The van der Waals surface area contributed by atoms with Crippen LogP contribution >= 0.6 is 11.6 Å². The van der Waals surface area contributed by atoms with Gasteiger partial charge in [-0.25, -0.2) is 12.8 Å². The van der Waals surface area contributed by atoms with Gasteiger partial charge in [-0.2, -0.15) is 0 Å². The molecule has 0 heterocycles. The first-order chi connectivity index (χ1) is 9.86. The smallest absolute Gasteiger partial charge is 0.264 e. The summed E-state index contributed by atoms with van der Waals surface area (Å²) in [5.74, 6) is -0.579. The van der Waals surface area contributed by atoms with Crippen molar-refractivity contribution in [2.24, 2.45) is 0 Å². The lowest BCUT2D eigenvalue weighted by Gasteiger charge is -2.23. The van der Waals surface area contributed by atoms with E-state index in [2.05, 4.69) is 0 Å². The van der Waals surface area contributed by atoms with Gasteiger partial charge in [-0.1, -0.05) is 29.3 Å². The second kappa shape index (κ2) is 6.03. The fourth-order valence-corrected chi connectivity index (χ4v) is 3.61. The highest BCUT2D eigenvalue weighted by Crippen LogP contribution is 2.27. The summed E-state index contributed by atoms with van der Waals surface area (Å²) >= 11 is 5.74. The highest BCUT2D eigenvalue weighted by atomic mass is 35.5. The van der Waals surface area contributed by atoms with Crippen molar-refractivity contribution in [1.82, 2.24) is 0 Å². The number of rotatable bonds is 4. The van der Waals surface area contributed by atoms with Crippen LogP contribution in [0.15, 0.2) is 47.4 Å². The number of benzene rings is 2. The van der Waals surface area contributed by atoms with Crippen LogP contribution in [0.1, 0.15) is 12.5 Å². The number of hydrogen-bond donors (Lipinski definition) is 0. The molecular formula is C15H15ClFNO2S. The fourth-order valence-electron chi connectivity index (χ4n) is 1.97. The molecule has 0 bridgehead atoms. The van der Waals surface area contributed by atoms with Gasteiger partial charge in [0.15, 0.2) is 0 Å². The molecule has 0 aromatic heterocycles. The highest BCUT2D eigenvalue weighted by Gasteiger charge is 2.23. The zero-order chi connectivity index (χ0) is 15.6. The van der Waals surface area contributed by atoms with E-state index in [0.29, 0.717) is 5.69 Å². The van der Waals surface area contributed by atoms with Crippen LogP contribution in [0.25, 0.3) is 0 Å². The van der Waals surface area contributed by atoms with Gasteiger partial charge in [-0.3, -0.25) is 4.31 Å². The van der Waals surface area contributed by atoms with Crippen molar-refractivity contribution in [1.29, 1.82) is 0 Å². The van der Waals surface area contributed by atoms with Crippen LogP contribution in [0.4, 0.5) is 10.1 Å². The van der Waals surface area contributed by atoms with Gasteiger partial charge >= 0.3 is 0 Å². The topological polar surface area (TPSA) is 37.4 Å². The van der Waals surface area contributed by atoms with Gasteiger partial charge < -0.3 is 0 Å². The molecular weight excluding hydrogens is 313 g/mol. The monoisotopic (exact) mass is 327 g/mol. The van der Waals surface area contributed by atoms with E-state index in [9.17, 15) is 12.8 Å². The minimum Gasteiger partial charge on any atom is -0.267 e. The van der Waals surface area contributed by atoms with E-state index < -0.39 is 15.8 Å². The summed E-state index contributed by atoms with van der Waals surface area (Å²) in [6.45, 7) is 3.81. The maximum absolute atomic E-state index is 13.2. The van der Waals surface area contributed by atoms with Gasteiger partial charge in [0.25, 0.3) is 10.0 Å². The number of hydrogen-bond acceptors (Lipinski definition) is 2. The third-order valence-electron chi connectivity index (χ3n) is 3.09. The third-order valence-corrected chi connectivity index (χ3v) is 5.29. The van der Waals surface area contributed by atoms with E-state index in [1.54, 1.807) is 31.2 Å². The van der Waals surface area contributed by atoms with Gasteiger partial charge in [0.2, 0.25) is 0 Å². The zero-order valence-corrected chi connectivity index (χ0v) is 13.2. The maximum Gasteiger partial charge on any atom is 0.264 e. The molecule has 0 amide bonds. The van der Waals surface area contributed by atoms with Crippen LogP contribution in [0, 0.1) is 12.7 Å². The average Bonchev–Trinajstić information content (AvgIpc) is 2.44. The molecule has 0 N–H and O–H groups in total. The highest BCUT2D eigenvalue weighted by molar-refractivity contribution is 7.92. The maximum atomic E-state index is 13.2. The summed E-state index contributed by atoms with van der Waals surface area (Å²) in [6, 6.07) is 10.4. The second-order valence-electron chi connectivity index (χ2n) is 4.58. The Morgan fingerprint density at radius 1 is 1.14 bits per heavy atom. The number of aryl methyl sites for hydroxylation is 1. The molecule has 2 aromatic carbocycles. The van der Waals surface area contributed by atoms with Crippen molar-refractivity contribution in [2.75, 3.05) is 10.8 Å². The Bertz CT molecular complexity index is 745. The van der Waals surface area contributed by atoms with Crippen LogP contribution in [0.5, 0.6) is 0 Å². The number of sulfonamides is 1. The summed E-state index contributed by atoms with van der Waals surface area (Å²) in [5, 5.41) is -0.106. The summed E-state index contributed by atoms with van der Waals surface area (Å²) in [5.41, 5.74) is 1.31. The predicted octanol–water partition coefficient (Wildman–Crippen LogP) is 4.00. The van der Waals surface area contributed by atoms with Crippen molar-refractivity contribution in [3.8, 4) is 0 Å². The summed E-state index contributed by atoms with van der Waals surface area (Å²) < 4.78 is 39.7. The van der Waals surface area contributed by atoms with E-state index in [4.69, 9.17) is 11.6 Å². The number of halogens is 2. The first-order valence-corrected chi connectivity index (χ1v) is 8.22. The predicted molar refractivity (Wildman–Crippen MR) is 82.8 cm³/mol. The third kappa shape index (κ3) is 3.19. The fraction of sp³-hybridized carbons (Fsp3) is 0.200. The molecule has 3 nitrogen and oxygen atoms in total. The van der Waals surface area contributed by atoms with E-state index in [-0.39, 0.29) is 16.5 Å². The van der Waals surface area contributed by atoms with E-state index >= 15 is 0 Å². The molecule has 0 atom stereocenters. The molecule has 112 valence electrons. The normalized spacial score (nSPS) is 11.4. The molecule has 6 heteroatoms. The van der Waals surface area contributed by atoms with Crippen molar-refractivity contribution >= 4 is 27.3 Å². The van der Waals surface area contributed by atoms with Crippen molar-refractivity contribution < 1.29 is 12.8 Å². The largest absolute Gasteiger partial charge is 0.267 e. The summed E-state index contributed by atoms with van der Waals surface area (Å²) in [4.78, 5) is 0.190. The minimum atomic E-state index is -3.70. The summed E-state index contributed by atoms with van der Waals surface area (Å²) in [7, 11) is -3.70. The molecule has 0 unspecified atom stereocenters. The second-order valence-corrected chi connectivity index (χ2v) is 6.85. The van der Waals surface area contributed by atoms with Gasteiger partial charge in [0.1, 0.15) is 5.82 Å². The Labute approximate surface area is 129 Å². The number of nitrogens with zero attached hydrogens (tertiary/aromatic N) is 1. The molecule has 0 aliphatic rings. The molecule has 0 saturated carbocycles. The molecule has 0 radical (unpaired) electrons. The van der Waals surface area contributed by atoms with E-state index in [0.717, 1.165) is 11.6 Å². The van der Waals surface area contributed by atoms with Crippen molar-refractivity contribution in [3.05, 3.63) is 58.9 Å². The first-order valence-electron chi connectivity index (χ1n) is 6.40. The van der Waals surface area contributed by atoms with Gasteiger partial charge in [0.05, 0.1) is 15.6 Å². The van der Waals surface area contributed by atoms with E-state index in [1.165, 1.54) is 16.4 Å². The van der Waals surface area contributed by atoms with Crippen LogP contribution in [-0.2, 0) is 10.0 Å². The molecule has 0 fully saturated rings. The molecule has 0 aliphatic heterocycles. The minimum absolute atomic E-state index is 0.106. The average molecular weight is 328 g/mol. The Kier molecular flexibility index (Phi) is 4.54. The Hall–Kier alpha value is -1.59. The quantitative estimate of drug-likeness (QED) is 0.851. The Morgan fingerprint density at radius 3 is 2.29 bits per heavy atom. The lowest BCUT2D eigenvalue weighted by Crippen LogP contribution is -2.30. The van der Waals surface area contributed by atoms with Crippen molar-refractivity contribution in [2.45, 2.75) is 18.7 Å². The Balaban J connectivity index is 2.48. The van der Waals surface area contributed by atoms with Gasteiger partial charge in [-0.05, 0) is 44.2 Å². The standard InChI is InChI=1S/C15H15ClFNO2S/c1-3-18(12-6-9-15(17)14(16)10-12)21(19,20)13-7-4-11(2)5-8-13/h4-10H,3H2,1-2H3. The molecule has 0 saturated heterocycles. The molecule has 21 heavy (non-hydrogen) atoms. The van der Waals surface area contributed by atoms with Crippen LogP contribution in [0.2, 0.25) is 5.02 Å².